The Morgan fingerprint density at radius 1 is 1.15 bits per heavy atom. The molecule has 3 atom stereocenters. The zero-order chi connectivity index (χ0) is 14.1. The van der Waals surface area contributed by atoms with Crippen molar-refractivity contribution < 1.29 is 0 Å². The molecule has 1 aliphatic heterocycles. The van der Waals surface area contributed by atoms with Gasteiger partial charge in [0.25, 0.3) is 0 Å². The molecule has 0 spiro atoms. The molecular weight excluding hydrogens is 244 g/mol. The molecule has 106 valence electrons. The Bertz CT molecular complexity index is 587. The van der Waals surface area contributed by atoms with Gasteiger partial charge < -0.3 is 5.73 Å². The molecule has 2 nitrogen and oxygen atoms in total. The lowest BCUT2D eigenvalue weighted by molar-refractivity contribution is 0.129. The minimum Gasteiger partial charge on any atom is -0.326 e. The molecule has 0 bridgehead atoms. The Hall–Kier alpha value is -1.38. The Labute approximate surface area is 121 Å². The van der Waals surface area contributed by atoms with Gasteiger partial charge in [-0.05, 0) is 42.1 Å². The van der Waals surface area contributed by atoms with Crippen LogP contribution in [0.2, 0.25) is 0 Å². The predicted molar refractivity (Wildman–Crippen MR) is 85.7 cm³/mol. The summed E-state index contributed by atoms with van der Waals surface area (Å²) < 4.78 is 0. The van der Waals surface area contributed by atoms with Crippen molar-refractivity contribution in [3.8, 4) is 0 Å². The molecule has 0 radical (unpaired) electrons. The molecule has 0 aromatic heterocycles. The fraction of sp³-hybridized carbons (Fsp3) is 0.444. The number of rotatable bonds is 2. The Morgan fingerprint density at radius 2 is 1.90 bits per heavy atom. The van der Waals surface area contributed by atoms with Crippen molar-refractivity contribution in [2.75, 3.05) is 13.1 Å². The average Bonchev–Trinajstić information content (AvgIpc) is 2.49. The zero-order valence-electron chi connectivity index (χ0n) is 12.4. The van der Waals surface area contributed by atoms with Gasteiger partial charge in [-0.1, -0.05) is 49.4 Å². The number of hydrogen-bond acceptors (Lipinski definition) is 2. The van der Waals surface area contributed by atoms with Gasteiger partial charge in [0.15, 0.2) is 0 Å². The molecule has 20 heavy (non-hydrogen) atoms. The molecule has 1 aliphatic rings. The lowest BCUT2D eigenvalue weighted by atomic mass is 9.91. The number of benzene rings is 2. The molecule has 2 aromatic rings. The van der Waals surface area contributed by atoms with Crippen LogP contribution in [0.25, 0.3) is 10.8 Å². The summed E-state index contributed by atoms with van der Waals surface area (Å²) in [5.41, 5.74) is 7.68. The van der Waals surface area contributed by atoms with Crippen LogP contribution in [0.3, 0.4) is 0 Å². The second-order valence-electron chi connectivity index (χ2n) is 6.17. The molecule has 0 aliphatic carbocycles. The summed E-state index contributed by atoms with van der Waals surface area (Å²) in [5, 5.41) is 2.70. The standard InChI is InChI=1S/C18H24N2/c1-13-10-11-20(12-18(13)19)14(2)16-9-5-7-15-6-3-4-8-17(15)16/h3-9,13-14,18H,10-12,19H2,1-2H3. The third kappa shape index (κ3) is 2.46. The van der Waals surface area contributed by atoms with E-state index < -0.39 is 0 Å². The normalized spacial score (nSPS) is 25.8. The molecule has 2 heteroatoms. The van der Waals surface area contributed by atoms with E-state index in [0.717, 1.165) is 13.1 Å². The van der Waals surface area contributed by atoms with Crippen LogP contribution >= 0.6 is 0 Å². The minimum absolute atomic E-state index is 0.307. The summed E-state index contributed by atoms with van der Waals surface area (Å²) in [5.74, 6) is 0.644. The van der Waals surface area contributed by atoms with Crippen LogP contribution in [0, 0.1) is 5.92 Å². The van der Waals surface area contributed by atoms with Crippen molar-refractivity contribution in [1.29, 1.82) is 0 Å². The molecule has 0 amide bonds. The van der Waals surface area contributed by atoms with E-state index in [2.05, 4.69) is 61.2 Å². The topological polar surface area (TPSA) is 29.3 Å². The van der Waals surface area contributed by atoms with Gasteiger partial charge in [0.2, 0.25) is 0 Å². The molecule has 1 heterocycles. The third-order valence-corrected chi connectivity index (χ3v) is 4.87. The first-order chi connectivity index (χ1) is 9.66. The lowest BCUT2D eigenvalue weighted by Crippen LogP contribution is -2.48. The second-order valence-corrected chi connectivity index (χ2v) is 6.17. The van der Waals surface area contributed by atoms with Crippen molar-refractivity contribution in [2.24, 2.45) is 11.7 Å². The number of fused-ring (bicyclic) bond motifs is 1. The average molecular weight is 268 g/mol. The monoisotopic (exact) mass is 268 g/mol. The van der Waals surface area contributed by atoms with E-state index in [1.807, 2.05) is 0 Å². The third-order valence-electron chi connectivity index (χ3n) is 4.87. The maximum absolute atomic E-state index is 6.26. The van der Waals surface area contributed by atoms with Crippen molar-refractivity contribution in [3.05, 3.63) is 48.0 Å². The number of nitrogens with two attached hydrogens (primary N) is 1. The van der Waals surface area contributed by atoms with E-state index in [1.165, 1.54) is 22.8 Å². The molecule has 3 rings (SSSR count). The van der Waals surface area contributed by atoms with Gasteiger partial charge in [-0.3, -0.25) is 4.90 Å². The molecule has 0 saturated carbocycles. The Balaban J connectivity index is 1.91. The summed E-state index contributed by atoms with van der Waals surface area (Å²) in [4.78, 5) is 2.53. The van der Waals surface area contributed by atoms with E-state index in [-0.39, 0.29) is 0 Å². The minimum atomic E-state index is 0.307. The summed E-state index contributed by atoms with van der Waals surface area (Å²) in [7, 11) is 0. The van der Waals surface area contributed by atoms with E-state index in [1.54, 1.807) is 0 Å². The van der Waals surface area contributed by atoms with Crippen LogP contribution < -0.4 is 5.73 Å². The second kappa shape index (κ2) is 5.55. The van der Waals surface area contributed by atoms with Crippen LogP contribution in [0.4, 0.5) is 0 Å². The van der Waals surface area contributed by atoms with Gasteiger partial charge in [0.05, 0.1) is 0 Å². The first-order valence-corrected chi connectivity index (χ1v) is 7.64. The van der Waals surface area contributed by atoms with Crippen LogP contribution in [0.15, 0.2) is 42.5 Å². The van der Waals surface area contributed by atoms with E-state index in [0.29, 0.717) is 18.0 Å². The Morgan fingerprint density at radius 3 is 2.70 bits per heavy atom. The van der Waals surface area contributed by atoms with Crippen LogP contribution in [-0.2, 0) is 0 Å². The van der Waals surface area contributed by atoms with Gasteiger partial charge >= 0.3 is 0 Å². The van der Waals surface area contributed by atoms with Crippen LogP contribution in [-0.4, -0.2) is 24.0 Å². The highest BCUT2D eigenvalue weighted by molar-refractivity contribution is 5.86. The van der Waals surface area contributed by atoms with Gasteiger partial charge in [-0.25, -0.2) is 0 Å². The molecule has 1 saturated heterocycles. The van der Waals surface area contributed by atoms with Gasteiger partial charge in [-0.15, -0.1) is 0 Å². The van der Waals surface area contributed by atoms with E-state index >= 15 is 0 Å². The number of piperidine rings is 1. The Kier molecular flexibility index (Phi) is 3.77. The maximum Gasteiger partial charge on any atom is 0.0326 e. The lowest BCUT2D eigenvalue weighted by Gasteiger charge is -2.39. The smallest absolute Gasteiger partial charge is 0.0326 e. The van der Waals surface area contributed by atoms with E-state index in [9.17, 15) is 0 Å². The summed E-state index contributed by atoms with van der Waals surface area (Å²) in [6, 6.07) is 16.0. The highest BCUT2D eigenvalue weighted by Gasteiger charge is 2.27. The maximum atomic E-state index is 6.26. The fourth-order valence-electron chi connectivity index (χ4n) is 3.29. The van der Waals surface area contributed by atoms with E-state index in [4.69, 9.17) is 5.73 Å². The fourth-order valence-corrected chi connectivity index (χ4v) is 3.29. The summed E-state index contributed by atoms with van der Waals surface area (Å²) >= 11 is 0. The van der Waals surface area contributed by atoms with Crippen molar-refractivity contribution in [2.45, 2.75) is 32.4 Å². The van der Waals surface area contributed by atoms with Gasteiger partial charge in [0, 0.05) is 18.6 Å². The predicted octanol–water partition coefficient (Wildman–Crippen LogP) is 3.57. The molecule has 1 fully saturated rings. The first kappa shape index (κ1) is 13.6. The van der Waals surface area contributed by atoms with Crippen molar-refractivity contribution in [1.82, 2.24) is 4.90 Å². The zero-order valence-corrected chi connectivity index (χ0v) is 12.4. The van der Waals surface area contributed by atoms with Crippen molar-refractivity contribution in [3.63, 3.8) is 0 Å². The number of likely N-dealkylation sites (tertiary alicyclic amines) is 1. The number of nitrogens with zero attached hydrogens (tertiary/aromatic N) is 1. The molecule has 2 N–H and O–H groups in total. The highest BCUT2D eigenvalue weighted by Crippen LogP contribution is 2.30. The largest absolute Gasteiger partial charge is 0.326 e. The summed E-state index contributed by atoms with van der Waals surface area (Å²) in [6.07, 6.45) is 1.20. The SMILES string of the molecule is CC1CCN(C(C)c2cccc3ccccc23)CC1N. The van der Waals surface area contributed by atoms with Crippen molar-refractivity contribution >= 4 is 10.8 Å². The quantitative estimate of drug-likeness (QED) is 0.902. The molecule has 3 unspecified atom stereocenters. The molecular formula is C18H24N2. The van der Waals surface area contributed by atoms with Gasteiger partial charge in [0.1, 0.15) is 0 Å². The summed E-state index contributed by atoms with van der Waals surface area (Å²) in [6.45, 7) is 6.74. The first-order valence-electron chi connectivity index (χ1n) is 7.64. The highest BCUT2D eigenvalue weighted by atomic mass is 15.2. The van der Waals surface area contributed by atoms with Gasteiger partial charge in [-0.2, -0.15) is 0 Å². The molecule has 2 aromatic carbocycles. The number of hydrogen-bond donors (Lipinski definition) is 1. The van der Waals surface area contributed by atoms with Crippen LogP contribution in [0.1, 0.15) is 31.9 Å². The van der Waals surface area contributed by atoms with Crippen LogP contribution in [0.5, 0.6) is 0 Å².